The second-order valence-corrected chi connectivity index (χ2v) is 9.33. The lowest BCUT2D eigenvalue weighted by molar-refractivity contribution is -0.117. The van der Waals surface area contributed by atoms with Crippen molar-refractivity contribution < 1.29 is 38.4 Å². The van der Waals surface area contributed by atoms with E-state index < -0.39 is 23.5 Å². The van der Waals surface area contributed by atoms with Crippen LogP contribution in [0.4, 0.5) is 5.69 Å². The van der Waals surface area contributed by atoms with Crippen LogP contribution in [0, 0.1) is 0 Å². The third-order valence-electron chi connectivity index (χ3n) is 6.45. The molecular formula is C30H26ClNO8. The lowest BCUT2D eigenvalue weighted by Gasteiger charge is -2.27. The van der Waals surface area contributed by atoms with Crippen LogP contribution in [0.3, 0.4) is 0 Å². The molecule has 0 saturated carbocycles. The standard InChI is InChI=1S/C30H26ClNO8/c1-4-38-20-8-6-7-19(15-20)32-26(16-9-10-21(33)22(12-16)39-5-2)25(28(35)30(32)36)27(34)23-13-17-11-18(31)14-24(37-3)29(17)40-23/h6-15,26,33,35H,4-5H2,1-3H3. The maximum absolute atomic E-state index is 14.0. The number of phenols is 1. The number of ether oxygens (including phenoxy) is 3. The second kappa shape index (κ2) is 10.9. The molecule has 1 aliphatic heterocycles. The summed E-state index contributed by atoms with van der Waals surface area (Å²) in [6.07, 6.45) is 0. The van der Waals surface area contributed by atoms with E-state index in [1.54, 1.807) is 49.4 Å². The van der Waals surface area contributed by atoms with E-state index in [-0.39, 0.29) is 29.4 Å². The number of Topliss-reactive ketones (excluding diaryl/α,β-unsaturated/α-hetero) is 1. The van der Waals surface area contributed by atoms with E-state index in [0.29, 0.717) is 45.3 Å². The summed E-state index contributed by atoms with van der Waals surface area (Å²) in [6.45, 7) is 4.28. The fraction of sp³-hybridized carbons (Fsp3) is 0.200. The van der Waals surface area contributed by atoms with Crippen molar-refractivity contribution in [3.63, 3.8) is 0 Å². The molecule has 10 heteroatoms. The molecule has 0 saturated heterocycles. The Balaban J connectivity index is 1.68. The number of hydrogen-bond donors (Lipinski definition) is 2. The maximum atomic E-state index is 14.0. The molecule has 40 heavy (non-hydrogen) atoms. The number of ketones is 1. The zero-order valence-electron chi connectivity index (χ0n) is 21.9. The predicted octanol–water partition coefficient (Wildman–Crippen LogP) is 6.38. The summed E-state index contributed by atoms with van der Waals surface area (Å²) >= 11 is 6.19. The Labute approximate surface area is 234 Å². The average Bonchev–Trinajstić information content (AvgIpc) is 3.48. The van der Waals surface area contributed by atoms with Crippen molar-refractivity contribution in [1.29, 1.82) is 0 Å². The van der Waals surface area contributed by atoms with Crippen LogP contribution >= 0.6 is 11.6 Å². The number of aliphatic hydroxyl groups is 1. The summed E-state index contributed by atoms with van der Waals surface area (Å²) < 4.78 is 22.4. The number of furan rings is 1. The molecule has 1 aromatic heterocycles. The van der Waals surface area contributed by atoms with Gasteiger partial charge in [0, 0.05) is 28.2 Å². The third kappa shape index (κ3) is 4.69. The molecule has 0 aliphatic carbocycles. The molecule has 0 fully saturated rings. The van der Waals surface area contributed by atoms with Crippen molar-refractivity contribution in [3.05, 3.63) is 88.3 Å². The molecular weight excluding hydrogens is 538 g/mol. The van der Waals surface area contributed by atoms with E-state index in [9.17, 15) is 19.8 Å². The maximum Gasteiger partial charge on any atom is 0.294 e. The van der Waals surface area contributed by atoms with E-state index in [1.807, 2.05) is 6.92 Å². The second-order valence-electron chi connectivity index (χ2n) is 8.90. The first-order valence-corrected chi connectivity index (χ1v) is 12.9. The molecule has 206 valence electrons. The highest BCUT2D eigenvalue weighted by atomic mass is 35.5. The minimum Gasteiger partial charge on any atom is -0.504 e. The van der Waals surface area contributed by atoms with Crippen molar-refractivity contribution in [3.8, 4) is 23.0 Å². The Morgan fingerprint density at radius 2 is 1.77 bits per heavy atom. The van der Waals surface area contributed by atoms with Gasteiger partial charge in [0.05, 0.1) is 31.9 Å². The SMILES string of the molecule is CCOc1cccc(N2C(=O)C(O)=C(C(=O)c3cc4cc(Cl)cc(OC)c4o3)C2c2ccc(O)c(OCC)c2)c1. The van der Waals surface area contributed by atoms with Gasteiger partial charge < -0.3 is 28.8 Å². The van der Waals surface area contributed by atoms with Gasteiger partial charge in [-0.05, 0) is 55.8 Å². The number of anilines is 1. The number of phenolic OH excluding ortho intramolecular Hbond substituents is 1. The van der Waals surface area contributed by atoms with Gasteiger partial charge in [-0.3, -0.25) is 14.5 Å². The van der Waals surface area contributed by atoms with Gasteiger partial charge in [-0.25, -0.2) is 0 Å². The number of carbonyl (C=O) groups is 2. The fourth-order valence-electron chi connectivity index (χ4n) is 4.76. The number of hydrogen-bond acceptors (Lipinski definition) is 8. The molecule has 1 unspecified atom stereocenters. The van der Waals surface area contributed by atoms with Crippen molar-refractivity contribution in [2.24, 2.45) is 0 Å². The minimum atomic E-state index is -1.09. The Bertz CT molecular complexity index is 1660. The molecule has 2 N–H and O–H groups in total. The van der Waals surface area contributed by atoms with Crippen LogP contribution in [0.5, 0.6) is 23.0 Å². The molecule has 3 aromatic carbocycles. The molecule has 2 heterocycles. The van der Waals surface area contributed by atoms with Crippen LogP contribution in [0.2, 0.25) is 5.02 Å². The van der Waals surface area contributed by atoms with Crippen LogP contribution < -0.4 is 19.1 Å². The molecule has 1 aliphatic rings. The summed E-state index contributed by atoms with van der Waals surface area (Å²) in [5, 5.41) is 22.3. The zero-order valence-corrected chi connectivity index (χ0v) is 22.7. The van der Waals surface area contributed by atoms with E-state index in [2.05, 4.69) is 0 Å². The molecule has 4 aromatic rings. The Hall–Kier alpha value is -4.63. The lowest BCUT2D eigenvalue weighted by atomic mass is 9.94. The monoisotopic (exact) mass is 563 g/mol. The van der Waals surface area contributed by atoms with E-state index in [1.165, 1.54) is 30.2 Å². The molecule has 0 bridgehead atoms. The number of amides is 1. The molecule has 5 rings (SSSR count). The molecule has 0 radical (unpaired) electrons. The van der Waals surface area contributed by atoms with Crippen LogP contribution in [0.25, 0.3) is 11.0 Å². The van der Waals surface area contributed by atoms with Crippen molar-refractivity contribution in [1.82, 2.24) is 0 Å². The van der Waals surface area contributed by atoms with Gasteiger partial charge in [-0.15, -0.1) is 0 Å². The predicted molar refractivity (Wildman–Crippen MR) is 149 cm³/mol. The topological polar surface area (TPSA) is 119 Å². The van der Waals surface area contributed by atoms with Crippen molar-refractivity contribution >= 4 is 39.9 Å². The lowest BCUT2D eigenvalue weighted by Crippen LogP contribution is -2.31. The van der Waals surface area contributed by atoms with E-state index in [4.69, 9.17) is 30.2 Å². The number of halogens is 1. The minimum absolute atomic E-state index is 0.109. The zero-order chi connectivity index (χ0) is 28.6. The van der Waals surface area contributed by atoms with Gasteiger partial charge in [0.1, 0.15) is 5.75 Å². The first-order valence-electron chi connectivity index (χ1n) is 12.5. The van der Waals surface area contributed by atoms with Gasteiger partial charge in [0.2, 0.25) is 5.78 Å². The summed E-state index contributed by atoms with van der Waals surface area (Å²) in [5.74, 6) is -1.46. The number of nitrogens with zero attached hydrogens (tertiary/aromatic N) is 1. The number of methoxy groups -OCH3 is 1. The Kier molecular flexibility index (Phi) is 7.32. The average molecular weight is 564 g/mol. The normalized spacial score (nSPS) is 15.2. The number of benzene rings is 3. The number of aromatic hydroxyl groups is 1. The van der Waals surface area contributed by atoms with Gasteiger partial charge >= 0.3 is 0 Å². The number of aliphatic hydroxyl groups excluding tert-OH is 1. The van der Waals surface area contributed by atoms with Crippen LogP contribution in [-0.2, 0) is 4.79 Å². The quantitative estimate of drug-likeness (QED) is 0.225. The Morgan fingerprint density at radius 3 is 2.50 bits per heavy atom. The van der Waals surface area contributed by atoms with Crippen molar-refractivity contribution in [2.45, 2.75) is 19.9 Å². The summed E-state index contributed by atoms with van der Waals surface area (Å²) in [6, 6.07) is 14.8. The third-order valence-corrected chi connectivity index (χ3v) is 6.67. The number of carbonyl (C=O) groups excluding carboxylic acids is 2. The molecule has 9 nitrogen and oxygen atoms in total. The van der Waals surface area contributed by atoms with Crippen LogP contribution in [-0.4, -0.2) is 42.2 Å². The first kappa shape index (κ1) is 27.0. The van der Waals surface area contributed by atoms with Gasteiger partial charge in [0.25, 0.3) is 5.91 Å². The number of rotatable bonds is 9. The summed E-state index contributed by atoms with van der Waals surface area (Å²) in [7, 11) is 1.45. The fourth-order valence-corrected chi connectivity index (χ4v) is 4.98. The molecule has 1 atom stereocenters. The van der Waals surface area contributed by atoms with E-state index in [0.717, 1.165) is 0 Å². The van der Waals surface area contributed by atoms with Crippen LogP contribution in [0.1, 0.15) is 36.0 Å². The van der Waals surface area contributed by atoms with Gasteiger partial charge in [-0.2, -0.15) is 0 Å². The summed E-state index contributed by atoms with van der Waals surface area (Å²) in [4.78, 5) is 28.9. The highest BCUT2D eigenvalue weighted by Crippen LogP contribution is 2.45. The van der Waals surface area contributed by atoms with Crippen LogP contribution in [0.15, 0.2) is 76.4 Å². The first-order chi connectivity index (χ1) is 19.3. The van der Waals surface area contributed by atoms with Gasteiger partial charge in [-0.1, -0.05) is 23.7 Å². The highest BCUT2D eigenvalue weighted by molar-refractivity contribution is 6.31. The smallest absolute Gasteiger partial charge is 0.294 e. The largest absolute Gasteiger partial charge is 0.504 e. The highest BCUT2D eigenvalue weighted by Gasteiger charge is 2.46. The summed E-state index contributed by atoms with van der Waals surface area (Å²) in [5.41, 5.74) is 0.893. The van der Waals surface area contributed by atoms with Gasteiger partial charge in [0.15, 0.2) is 34.4 Å². The number of fused-ring (bicyclic) bond motifs is 1. The van der Waals surface area contributed by atoms with Crippen molar-refractivity contribution in [2.75, 3.05) is 25.2 Å². The molecule has 1 amide bonds. The van der Waals surface area contributed by atoms with E-state index >= 15 is 0 Å². The molecule has 0 spiro atoms. The Morgan fingerprint density at radius 1 is 1.00 bits per heavy atom.